The Morgan fingerprint density at radius 1 is 0.739 bits per heavy atom. The lowest BCUT2D eigenvalue weighted by atomic mass is 10.00. The normalized spacial score (nSPS) is 31.4. The van der Waals surface area contributed by atoms with Crippen LogP contribution in [0.3, 0.4) is 0 Å². The lowest BCUT2D eigenvalue weighted by Gasteiger charge is -2.38. The predicted molar refractivity (Wildman–Crippen MR) is 90.2 cm³/mol. The molecule has 23 heavy (non-hydrogen) atoms. The van der Waals surface area contributed by atoms with E-state index in [4.69, 9.17) is 9.47 Å². The molecule has 1 aliphatic heterocycles. The summed E-state index contributed by atoms with van der Waals surface area (Å²) in [5.74, 6) is 0. The molecule has 1 aliphatic rings. The van der Waals surface area contributed by atoms with Gasteiger partial charge in [-0.1, -0.05) is 64.7 Å². The third-order valence-electron chi connectivity index (χ3n) is 4.59. The van der Waals surface area contributed by atoms with E-state index < -0.39 is 30.7 Å². The molecule has 0 bridgehead atoms. The standard InChI is InChI=1S/C18H36O5/c1-3-4-5-6-7-8-9-10-11-12-13-22-18-17(21)16(20)15(19)14(2)23-18/h14-21H,3-13H2,1-2H3/t14-,15-,16+,17-,18-/m1/s1. The number of unbranched alkanes of at least 4 members (excludes halogenated alkanes) is 9. The van der Waals surface area contributed by atoms with Crippen LogP contribution >= 0.6 is 0 Å². The number of aliphatic hydroxyl groups excluding tert-OH is 3. The summed E-state index contributed by atoms with van der Waals surface area (Å²) in [6, 6.07) is 0. The molecule has 138 valence electrons. The summed E-state index contributed by atoms with van der Waals surface area (Å²) in [6.45, 7) is 4.41. The van der Waals surface area contributed by atoms with Crippen LogP contribution in [-0.4, -0.2) is 52.6 Å². The quantitative estimate of drug-likeness (QED) is 0.479. The van der Waals surface area contributed by atoms with E-state index in [9.17, 15) is 15.3 Å². The molecule has 5 nitrogen and oxygen atoms in total. The van der Waals surface area contributed by atoms with E-state index in [1.807, 2.05) is 0 Å². The van der Waals surface area contributed by atoms with Crippen molar-refractivity contribution in [3.05, 3.63) is 0 Å². The number of hydrogen-bond acceptors (Lipinski definition) is 5. The Hall–Kier alpha value is -0.200. The van der Waals surface area contributed by atoms with E-state index in [0.29, 0.717) is 6.61 Å². The third kappa shape index (κ3) is 7.94. The van der Waals surface area contributed by atoms with Gasteiger partial charge >= 0.3 is 0 Å². The molecule has 0 spiro atoms. The zero-order chi connectivity index (χ0) is 17.1. The summed E-state index contributed by atoms with van der Waals surface area (Å²) in [7, 11) is 0. The van der Waals surface area contributed by atoms with Gasteiger partial charge in [-0.3, -0.25) is 0 Å². The van der Waals surface area contributed by atoms with E-state index in [0.717, 1.165) is 12.8 Å². The van der Waals surface area contributed by atoms with Gasteiger partial charge in [0.15, 0.2) is 6.29 Å². The molecule has 3 N–H and O–H groups in total. The molecule has 1 saturated heterocycles. The van der Waals surface area contributed by atoms with Crippen LogP contribution in [0.4, 0.5) is 0 Å². The van der Waals surface area contributed by atoms with Crippen molar-refractivity contribution in [2.45, 2.75) is 109 Å². The summed E-state index contributed by atoms with van der Waals surface area (Å²) < 4.78 is 10.9. The molecule has 0 unspecified atom stereocenters. The van der Waals surface area contributed by atoms with Crippen molar-refractivity contribution in [2.24, 2.45) is 0 Å². The number of aliphatic hydroxyl groups is 3. The van der Waals surface area contributed by atoms with E-state index in [-0.39, 0.29) is 0 Å². The second-order valence-electron chi connectivity index (χ2n) is 6.73. The summed E-state index contributed by atoms with van der Waals surface area (Å²) >= 11 is 0. The van der Waals surface area contributed by atoms with Crippen molar-refractivity contribution in [3.63, 3.8) is 0 Å². The summed E-state index contributed by atoms with van der Waals surface area (Å²) in [4.78, 5) is 0. The maximum Gasteiger partial charge on any atom is 0.186 e. The van der Waals surface area contributed by atoms with Crippen LogP contribution in [0.2, 0.25) is 0 Å². The second kappa shape index (κ2) is 12.2. The highest BCUT2D eigenvalue weighted by Gasteiger charge is 2.42. The van der Waals surface area contributed by atoms with Crippen LogP contribution in [0.25, 0.3) is 0 Å². The molecule has 1 heterocycles. The molecule has 0 amide bonds. The topological polar surface area (TPSA) is 79.2 Å². The molecule has 5 atom stereocenters. The first-order valence-corrected chi connectivity index (χ1v) is 9.39. The van der Waals surface area contributed by atoms with Crippen molar-refractivity contribution < 1.29 is 24.8 Å². The van der Waals surface area contributed by atoms with Gasteiger partial charge < -0.3 is 24.8 Å². The highest BCUT2D eigenvalue weighted by Crippen LogP contribution is 2.22. The fourth-order valence-electron chi connectivity index (χ4n) is 2.94. The summed E-state index contributed by atoms with van der Waals surface area (Å²) in [5.41, 5.74) is 0. The molecule has 0 aliphatic carbocycles. The van der Waals surface area contributed by atoms with Crippen molar-refractivity contribution >= 4 is 0 Å². The summed E-state index contributed by atoms with van der Waals surface area (Å²) in [6.07, 6.45) is 7.72. The maximum atomic E-state index is 9.83. The van der Waals surface area contributed by atoms with Crippen LogP contribution in [-0.2, 0) is 9.47 Å². The SMILES string of the molecule is CCCCCCCCCCCCO[C@@H]1O[C@H](C)[C@@H](O)[C@H](O)[C@H]1O. The Labute approximate surface area is 141 Å². The Kier molecular flexibility index (Phi) is 11.1. The van der Waals surface area contributed by atoms with Gasteiger partial charge in [0.05, 0.1) is 6.10 Å². The maximum absolute atomic E-state index is 9.83. The van der Waals surface area contributed by atoms with Crippen LogP contribution < -0.4 is 0 Å². The Morgan fingerprint density at radius 2 is 1.26 bits per heavy atom. The van der Waals surface area contributed by atoms with Gasteiger partial charge in [-0.25, -0.2) is 0 Å². The van der Waals surface area contributed by atoms with Gasteiger partial charge in [-0.2, -0.15) is 0 Å². The number of ether oxygens (including phenoxy) is 2. The average Bonchev–Trinajstić information content (AvgIpc) is 2.55. The third-order valence-corrected chi connectivity index (χ3v) is 4.59. The van der Waals surface area contributed by atoms with E-state index in [2.05, 4.69) is 6.92 Å². The van der Waals surface area contributed by atoms with Crippen molar-refractivity contribution in [1.29, 1.82) is 0 Å². The van der Waals surface area contributed by atoms with Crippen LogP contribution in [0.15, 0.2) is 0 Å². The molecular weight excluding hydrogens is 296 g/mol. The minimum Gasteiger partial charge on any atom is -0.388 e. The zero-order valence-electron chi connectivity index (χ0n) is 14.8. The van der Waals surface area contributed by atoms with Crippen LogP contribution in [0.1, 0.15) is 78.1 Å². The molecule has 0 aromatic carbocycles. The van der Waals surface area contributed by atoms with Gasteiger partial charge in [0.2, 0.25) is 0 Å². The molecular formula is C18H36O5. The first-order chi connectivity index (χ1) is 11.1. The minimum atomic E-state index is -1.21. The first-order valence-electron chi connectivity index (χ1n) is 9.39. The lowest BCUT2D eigenvalue weighted by Crippen LogP contribution is -2.57. The fourth-order valence-corrected chi connectivity index (χ4v) is 2.94. The zero-order valence-corrected chi connectivity index (χ0v) is 14.8. The first kappa shape index (κ1) is 20.8. The molecule has 0 radical (unpaired) electrons. The molecule has 5 heteroatoms. The summed E-state index contributed by atoms with van der Waals surface area (Å²) in [5, 5.41) is 29.1. The van der Waals surface area contributed by atoms with Crippen molar-refractivity contribution in [3.8, 4) is 0 Å². The van der Waals surface area contributed by atoms with Gasteiger partial charge in [0, 0.05) is 6.61 Å². The van der Waals surface area contributed by atoms with Crippen molar-refractivity contribution in [1.82, 2.24) is 0 Å². The highest BCUT2D eigenvalue weighted by atomic mass is 16.7. The van der Waals surface area contributed by atoms with Crippen LogP contribution in [0, 0.1) is 0 Å². The highest BCUT2D eigenvalue weighted by molar-refractivity contribution is 4.87. The van der Waals surface area contributed by atoms with E-state index in [1.165, 1.54) is 51.4 Å². The van der Waals surface area contributed by atoms with E-state index >= 15 is 0 Å². The Morgan fingerprint density at radius 3 is 1.83 bits per heavy atom. The minimum absolute atomic E-state index is 0.508. The smallest absolute Gasteiger partial charge is 0.186 e. The Bertz CT molecular complexity index is 287. The molecule has 0 aromatic rings. The largest absolute Gasteiger partial charge is 0.388 e. The van der Waals surface area contributed by atoms with Crippen molar-refractivity contribution in [2.75, 3.05) is 6.61 Å². The monoisotopic (exact) mass is 332 g/mol. The molecule has 0 aromatic heterocycles. The lowest BCUT2D eigenvalue weighted by molar-refractivity contribution is -0.293. The molecule has 1 rings (SSSR count). The fraction of sp³-hybridized carbons (Fsp3) is 1.00. The molecule has 1 fully saturated rings. The Balaban J connectivity index is 1.96. The van der Waals surface area contributed by atoms with Gasteiger partial charge in [-0.05, 0) is 13.3 Å². The number of hydrogen-bond donors (Lipinski definition) is 3. The van der Waals surface area contributed by atoms with Gasteiger partial charge in [0.1, 0.15) is 18.3 Å². The second-order valence-corrected chi connectivity index (χ2v) is 6.73. The average molecular weight is 332 g/mol. The van der Waals surface area contributed by atoms with E-state index in [1.54, 1.807) is 6.92 Å². The van der Waals surface area contributed by atoms with Gasteiger partial charge in [-0.15, -0.1) is 0 Å². The predicted octanol–water partition coefficient (Wildman–Crippen LogP) is 2.75. The van der Waals surface area contributed by atoms with Gasteiger partial charge in [0.25, 0.3) is 0 Å². The molecule has 0 saturated carbocycles. The van der Waals surface area contributed by atoms with Crippen LogP contribution in [0.5, 0.6) is 0 Å². The number of rotatable bonds is 12.